The average molecular weight is 256 g/mol. The van der Waals surface area contributed by atoms with Gasteiger partial charge in [0.2, 0.25) is 0 Å². The summed E-state index contributed by atoms with van der Waals surface area (Å²) in [5.74, 6) is 2.42. The highest BCUT2D eigenvalue weighted by molar-refractivity contribution is 7.99. The number of hydrogen-bond acceptors (Lipinski definition) is 3. The Bertz CT molecular complexity index is 384. The number of ether oxygens (including phenoxy) is 1. The minimum absolute atomic E-state index is 0.0435. The first-order chi connectivity index (χ1) is 8.20. The minimum atomic E-state index is -0.605. The number of aliphatic hydroxyl groups excluding tert-OH is 1. The topological polar surface area (TPSA) is 29.5 Å². The molecule has 2 nitrogen and oxygen atoms in total. The average Bonchev–Trinajstić information content (AvgIpc) is 2.31. The molecular formula is C13H17FO2S. The van der Waals surface area contributed by atoms with E-state index in [2.05, 4.69) is 6.92 Å². The van der Waals surface area contributed by atoms with Gasteiger partial charge in [0.25, 0.3) is 0 Å². The van der Waals surface area contributed by atoms with Gasteiger partial charge in [-0.2, -0.15) is 11.8 Å². The second-order valence-electron chi connectivity index (χ2n) is 4.16. The summed E-state index contributed by atoms with van der Waals surface area (Å²) < 4.78 is 18.8. The number of halogens is 1. The lowest BCUT2D eigenvalue weighted by molar-refractivity contribution is 0.0644. The molecule has 1 aromatic carbocycles. The van der Waals surface area contributed by atoms with Crippen molar-refractivity contribution in [3.05, 3.63) is 29.6 Å². The van der Waals surface area contributed by atoms with Crippen molar-refractivity contribution < 1.29 is 14.2 Å². The molecule has 94 valence electrons. The van der Waals surface area contributed by atoms with Crippen molar-refractivity contribution in [2.45, 2.75) is 32.0 Å². The first-order valence-electron chi connectivity index (χ1n) is 5.92. The first-order valence-corrected chi connectivity index (χ1v) is 7.08. The molecule has 0 fully saturated rings. The Labute approximate surface area is 105 Å². The Morgan fingerprint density at radius 2 is 2.35 bits per heavy atom. The number of benzene rings is 1. The van der Waals surface area contributed by atoms with Gasteiger partial charge in [-0.25, -0.2) is 4.39 Å². The fraction of sp³-hybridized carbons (Fsp3) is 0.538. The number of fused-ring (bicyclic) bond motifs is 1. The van der Waals surface area contributed by atoms with Crippen LogP contribution in [0.1, 0.15) is 31.4 Å². The zero-order valence-corrected chi connectivity index (χ0v) is 10.7. The Morgan fingerprint density at radius 1 is 1.53 bits per heavy atom. The highest BCUT2D eigenvalue weighted by Gasteiger charge is 2.26. The van der Waals surface area contributed by atoms with Gasteiger partial charge in [-0.05, 0) is 36.1 Å². The van der Waals surface area contributed by atoms with Crippen LogP contribution in [0.4, 0.5) is 4.39 Å². The second-order valence-corrected chi connectivity index (χ2v) is 5.55. The Morgan fingerprint density at radius 3 is 3.12 bits per heavy atom. The van der Waals surface area contributed by atoms with E-state index in [0.717, 1.165) is 17.9 Å². The standard InChI is InChI=1S/C13H17FO2S/c1-2-17-6-5-10-8-12(15)11-7-9(14)3-4-13(11)16-10/h3-4,7,10,12,15H,2,5-6,8H2,1H3/t10?,12-/m0/s1. The van der Waals surface area contributed by atoms with E-state index in [0.29, 0.717) is 17.7 Å². The molecule has 1 N–H and O–H groups in total. The summed E-state index contributed by atoms with van der Waals surface area (Å²) in [6, 6.07) is 4.33. The van der Waals surface area contributed by atoms with Gasteiger partial charge in [-0.1, -0.05) is 6.92 Å². The van der Waals surface area contributed by atoms with Crippen LogP contribution in [0.2, 0.25) is 0 Å². The summed E-state index contributed by atoms with van der Waals surface area (Å²) in [7, 11) is 0. The molecule has 17 heavy (non-hydrogen) atoms. The molecule has 1 aliphatic rings. The highest BCUT2D eigenvalue weighted by Crippen LogP contribution is 2.36. The smallest absolute Gasteiger partial charge is 0.125 e. The molecule has 0 aromatic heterocycles. The van der Waals surface area contributed by atoms with Gasteiger partial charge in [0.1, 0.15) is 17.7 Å². The molecule has 0 spiro atoms. The third kappa shape index (κ3) is 3.13. The van der Waals surface area contributed by atoms with E-state index in [-0.39, 0.29) is 11.9 Å². The molecule has 1 aromatic rings. The molecule has 0 bridgehead atoms. The molecule has 1 heterocycles. The van der Waals surface area contributed by atoms with Crippen LogP contribution in [0, 0.1) is 5.82 Å². The molecule has 2 rings (SSSR count). The van der Waals surface area contributed by atoms with E-state index < -0.39 is 6.10 Å². The number of aliphatic hydroxyl groups is 1. The van der Waals surface area contributed by atoms with E-state index in [1.807, 2.05) is 11.8 Å². The van der Waals surface area contributed by atoms with Crippen molar-refractivity contribution >= 4 is 11.8 Å². The third-order valence-corrected chi connectivity index (χ3v) is 3.83. The Hall–Kier alpha value is -0.740. The first kappa shape index (κ1) is 12.7. The van der Waals surface area contributed by atoms with Crippen LogP contribution < -0.4 is 4.74 Å². The second kappa shape index (κ2) is 5.74. The molecule has 0 saturated carbocycles. The molecule has 0 amide bonds. The van der Waals surface area contributed by atoms with Crippen LogP contribution in [-0.2, 0) is 0 Å². The maximum atomic E-state index is 13.0. The van der Waals surface area contributed by atoms with Crippen LogP contribution >= 0.6 is 11.8 Å². The van der Waals surface area contributed by atoms with Crippen LogP contribution in [0.3, 0.4) is 0 Å². The normalized spacial score (nSPS) is 23.0. The molecule has 0 radical (unpaired) electrons. The quantitative estimate of drug-likeness (QED) is 0.839. The van der Waals surface area contributed by atoms with Crippen LogP contribution in [0.25, 0.3) is 0 Å². The van der Waals surface area contributed by atoms with Gasteiger partial charge in [-0.15, -0.1) is 0 Å². The lowest BCUT2D eigenvalue weighted by atomic mass is 9.98. The molecule has 4 heteroatoms. The van der Waals surface area contributed by atoms with E-state index in [1.165, 1.54) is 12.1 Å². The van der Waals surface area contributed by atoms with Gasteiger partial charge in [-0.3, -0.25) is 0 Å². The Kier molecular flexibility index (Phi) is 4.29. The monoisotopic (exact) mass is 256 g/mol. The lowest BCUT2D eigenvalue weighted by Gasteiger charge is -2.29. The van der Waals surface area contributed by atoms with E-state index in [4.69, 9.17) is 4.74 Å². The van der Waals surface area contributed by atoms with Crippen molar-refractivity contribution in [3.63, 3.8) is 0 Å². The summed E-state index contributed by atoms with van der Waals surface area (Å²) >= 11 is 1.87. The third-order valence-electron chi connectivity index (χ3n) is 2.90. The zero-order chi connectivity index (χ0) is 12.3. The van der Waals surface area contributed by atoms with Crippen LogP contribution in [-0.4, -0.2) is 22.7 Å². The molecular weight excluding hydrogens is 239 g/mol. The zero-order valence-electron chi connectivity index (χ0n) is 9.86. The fourth-order valence-electron chi connectivity index (χ4n) is 2.03. The summed E-state index contributed by atoms with van der Waals surface area (Å²) in [5, 5.41) is 9.96. The Balaban J connectivity index is 2.03. The highest BCUT2D eigenvalue weighted by atomic mass is 32.2. The molecule has 0 saturated heterocycles. The van der Waals surface area contributed by atoms with Crippen LogP contribution in [0.5, 0.6) is 5.75 Å². The lowest BCUT2D eigenvalue weighted by Crippen LogP contribution is -2.26. The summed E-state index contributed by atoms with van der Waals surface area (Å²) in [6.07, 6.45) is 0.917. The van der Waals surface area contributed by atoms with Gasteiger partial charge < -0.3 is 9.84 Å². The van der Waals surface area contributed by atoms with Crippen molar-refractivity contribution in [1.29, 1.82) is 0 Å². The number of rotatable bonds is 4. The van der Waals surface area contributed by atoms with Gasteiger partial charge >= 0.3 is 0 Å². The summed E-state index contributed by atoms with van der Waals surface area (Å²) in [6.45, 7) is 2.12. The molecule has 2 atom stereocenters. The maximum absolute atomic E-state index is 13.0. The number of hydrogen-bond donors (Lipinski definition) is 1. The summed E-state index contributed by atoms with van der Waals surface area (Å²) in [5.41, 5.74) is 0.574. The van der Waals surface area contributed by atoms with E-state index in [1.54, 1.807) is 6.07 Å². The van der Waals surface area contributed by atoms with Crippen molar-refractivity contribution in [2.24, 2.45) is 0 Å². The largest absolute Gasteiger partial charge is 0.490 e. The number of thioether (sulfide) groups is 1. The van der Waals surface area contributed by atoms with Crippen molar-refractivity contribution in [1.82, 2.24) is 0 Å². The van der Waals surface area contributed by atoms with Gasteiger partial charge in [0.05, 0.1) is 6.10 Å². The predicted octanol–water partition coefficient (Wildman–Crippen LogP) is 3.15. The maximum Gasteiger partial charge on any atom is 0.125 e. The summed E-state index contributed by atoms with van der Waals surface area (Å²) in [4.78, 5) is 0. The van der Waals surface area contributed by atoms with Crippen molar-refractivity contribution in [2.75, 3.05) is 11.5 Å². The molecule has 1 unspecified atom stereocenters. The predicted molar refractivity (Wildman–Crippen MR) is 68.0 cm³/mol. The van der Waals surface area contributed by atoms with E-state index >= 15 is 0 Å². The SMILES string of the molecule is CCSCCC1C[C@H](O)c2cc(F)ccc2O1. The van der Waals surface area contributed by atoms with Gasteiger partial charge in [0.15, 0.2) is 0 Å². The fourth-order valence-corrected chi connectivity index (χ4v) is 2.74. The van der Waals surface area contributed by atoms with E-state index in [9.17, 15) is 9.50 Å². The minimum Gasteiger partial charge on any atom is -0.490 e. The van der Waals surface area contributed by atoms with Gasteiger partial charge in [0, 0.05) is 12.0 Å². The van der Waals surface area contributed by atoms with Crippen LogP contribution in [0.15, 0.2) is 18.2 Å². The molecule has 0 aliphatic carbocycles. The van der Waals surface area contributed by atoms with Crippen molar-refractivity contribution in [3.8, 4) is 5.75 Å². The molecule has 1 aliphatic heterocycles.